The number of rotatable bonds is 7. The van der Waals surface area contributed by atoms with Crippen LogP contribution in [-0.4, -0.2) is 47.5 Å². The van der Waals surface area contributed by atoms with Crippen LogP contribution < -0.4 is 15.8 Å². The molecule has 2 aromatic rings. The summed E-state index contributed by atoms with van der Waals surface area (Å²) in [6.45, 7) is 3.05. The van der Waals surface area contributed by atoms with Gasteiger partial charge in [-0.05, 0) is 25.1 Å². The van der Waals surface area contributed by atoms with Crippen molar-refractivity contribution in [1.82, 2.24) is 4.98 Å². The molecule has 7 nitrogen and oxygen atoms in total. The van der Waals surface area contributed by atoms with Crippen LogP contribution in [0.2, 0.25) is 0 Å². The van der Waals surface area contributed by atoms with Crippen molar-refractivity contribution in [3.8, 4) is 5.75 Å². The summed E-state index contributed by atoms with van der Waals surface area (Å²) in [6.07, 6.45) is -11.0. The third-order valence-corrected chi connectivity index (χ3v) is 6.44. The lowest BCUT2D eigenvalue weighted by Gasteiger charge is -2.32. The third-order valence-electron chi connectivity index (χ3n) is 6.44. The van der Waals surface area contributed by atoms with Gasteiger partial charge in [0, 0.05) is 29.3 Å². The van der Waals surface area contributed by atoms with Gasteiger partial charge in [0.2, 0.25) is 5.82 Å². The van der Waals surface area contributed by atoms with E-state index in [1.54, 1.807) is 0 Å². The Morgan fingerprint density at radius 1 is 1.18 bits per heavy atom. The number of pyridine rings is 1. The number of carbonyl (C=O) groups is 2. The van der Waals surface area contributed by atoms with Gasteiger partial charge >= 0.3 is 12.4 Å². The summed E-state index contributed by atoms with van der Waals surface area (Å²) in [4.78, 5) is 28.2. The van der Waals surface area contributed by atoms with Crippen molar-refractivity contribution in [2.75, 3.05) is 11.9 Å². The van der Waals surface area contributed by atoms with Gasteiger partial charge < -0.3 is 20.5 Å². The molecule has 2 heterocycles. The molecular weight excluding hydrogens is 546 g/mol. The minimum atomic E-state index is -5.07. The van der Waals surface area contributed by atoms with Crippen LogP contribution in [-0.2, 0) is 9.53 Å². The molecule has 1 saturated heterocycles. The van der Waals surface area contributed by atoms with Gasteiger partial charge in [-0.2, -0.15) is 30.7 Å². The molecule has 39 heavy (non-hydrogen) atoms. The van der Waals surface area contributed by atoms with Crippen molar-refractivity contribution >= 4 is 17.5 Å². The molecule has 1 aliphatic rings. The van der Waals surface area contributed by atoms with E-state index in [1.165, 1.54) is 6.07 Å². The molecule has 0 radical (unpaired) electrons. The second-order valence-corrected chi connectivity index (χ2v) is 8.91. The van der Waals surface area contributed by atoms with Gasteiger partial charge in [-0.3, -0.25) is 14.6 Å². The van der Waals surface area contributed by atoms with Gasteiger partial charge in [0.15, 0.2) is 17.2 Å². The Balaban J connectivity index is 2.09. The number of hydrogen-bond acceptors (Lipinski definition) is 5. The van der Waals surface area contributed by atoms with Gasteiger partial charge in [0.1, 0.15) is 18.4 Å². The molecule has 0 saturated carbocycles. The molecule has 1 aliphatic heterocycles. The van der Waals surface area contributed by atoms with Crippen LogP contribution >= 0.6 is 0 Å². The highest BCUT2D eigenvalue weighted by Gasteiger charge is 2.66. The van der Waals surface area contributed by atoms with Crippen molar-refractivity contribution in [2.45, 2.75) is 43.8 Å². The molecule has 1 aromatic carbocycles. The molecule has 3 N–H and O–H groups in total. The summed E-state index contributed by atoms with van der Waals surface area (Å²) in [5, 5.41) is 2.25. The summed E-state index contributed by atoms with van der Waals surface area (Å²) in [6, 6.07) is 3.55. The Labute approximate surface area is 216 Å². The number of halogens is 8. The summed E-state index contributed by atoms with van der Waals surface area (Å²) in [5.74, 6) is -10.0. The molecule has 1 aromatic heterocycles. The second-order valence-electron chi connectivity index (χ2n) is 8.91. The number of carbonyl (C=O) groups excluding carboxylic acids is 2. The minimum absolute atomic E-state index is 0.109. The van der Waals surface area contributed by atoms with Gasteiger partial charge in [-0.1, -0.05) is 19.6 Å². The van der Waals surface area contributed by atoms with Gasteiger partial charge in [-0.25, -0.2) is 4.39 Å². The molecule has 4 atom stereocenters. The minimum Gasteiger partial charge on any atom is -0.485 e. The molecule has 0 unspecified atom stereocenters. The molecule has 15 heteroatoms. The average molecular weight is 567 g/mol. The Kier molecular flexibility index (Phi) is 7.97. The number of nitrogens with one attached hydrogen (secondary N) is 1. The monoisotopic (exact) mass is 567 g/mol. The molecule has 2 amide bonds. The van der Waals surface area contributed by atoms with Crippen molar-refractivity contribution in [2.24, 2.45) is 11.7 Å². The van der Waals surface area contributed by atoms with Gasteiger partial charge in [0.25, 0.3) is 11.8 Å². The molecule has 0 aliphatic carbocycles. The highest BCUT2D eigenvalue weighted by Crippen LogP contribution is 2.55. The van der Waals surface area contributed by atoms with Crippen LogP contribution in [0.1, 0.15) is 35.8 Å². The predicted molar refractivity (Wildman–Crippen MR) is 120 cm³/mol. The first-order chi connectivity index (χ1) is 17.9. The van der Waals surface area contributed by atoms with Crippen molar-refractivity contribution in [3.05, 3.63) is 65.5 Å². The molecular formula is C24H21F8N3O4. The van der Waals surface area contributed by atoms with E-state index in [-0.39, 0.29) is 11.4 Å². The lowest BCUT2D eigenvalue weighted by Crippen LogP contribution is -2.47. The van der Waals surface area contributed by atoms with Crippen molar-refractivity contribution in [1.29, 1.82) is 0 Å². The number of aromatic nitrogens is 1. The molecule has 1 fully saturated rings. The third kappa shape index (κ3) is 5.82. The zero-order valence-corrected chi connectivity index (χ0v) is 20.2. The van der Waals surface area contributed by atoms with E-state index < -0.39 is 82.8 Å². The largest absolute Gasteiger partial charge is 0.485 e. The van der Waals surface area contributed by atoms with Crippen LogP contribution in [0.4, 0.5) is 40.8 Å². The number of anilines is 1. The lowest BCUT2D eigenvalue weighted by atomic mass is 9.77. The molecule has 212 valence electrons. The number of amides is 2. The van der Waals surface area contributed by atoms with Crippen LogP contribution in [0, 0.1) is 17.6 Å². The van der Waals surface area contributed by atoms with Crippen LogP contribution in [0.3, 0.4) is 0 Å². The van der Waals surface area contributed by atoms with Crippen molar-refractivity contribution in [3.63, 3.8) is 0 Å². The SMILES string of the molecule is C=C(COc1c([C@H]2[C@H](C(=O)Nc3ccnc(C(N)=O)c3)O[C@@](C)(C(F)(F)F)[C@H]2C)ccc(F)c1F)C(F)(F)F. The maximum Gasteiger partial charge on any atom is 0.417 e. The van der Waals surface area contributed by atoms with E-state index in [2.05, 4.69) is 16.9 Å². The van der Waals surface area contributed by atoms with E-state index >= 15 is 0 Å². The van der Waals surface area contributed by atoms with E-state index in [0.29, 0.717) is 13.0 Å². The Hall–Kier alpha value is -3.75. The number of ether oxygens (including phenoxy) is 2. The number of nitrogens with two attached hydrogens (primary N) is 1. The fourth-order valence-electron chi connectivity index (χ4n) is 4.08. The van der Waals surface area contributed by atoms with Crippen molar-refractivity contribution < 1.29 is 54.2 Å². The summed E-state index contributed by atoms with van der Waals surface area (Å²) in [5.41, 5.74) is -0.292. The zero-order valence-electron chi connectivity index (χ0n) is 20.2. The predicted octanol–water partition coefficient (Wildman–Crippen LogP) is 5.03. The Morgan fingerprint density at radius 3 is 2.38 bits per heavy atom. The second kappa shape index (κ2) is 10.4. The van der Waals surface area contributed by atoms with Gasteiger partial charge in [0.05, 0.1) is 5.57 Å². The fourth-order valence-corrected chi connectivity index (χ4v) is 4.08. The van der Waals surface area contributed by atoms with E-state index in [1.807, 2.05) is 0 Å². The molecule has 0 spiro atoms. The fraction of sp³-hybridized carbons (Fsp3) is 0.375. The topological polar surface area (TPSA) is 104 Å². The van der Waals surface area contributed by atoms with Crippen LogP contribution in [0.25, 0.3) is 0 Å². The number of alkyl halides is 6. The van der Waals surface area contributed by atoms with E-state index in [4.69, 9.17) is 15.2 Å². The number of primary amides is 1. The van der Waals surface area contributed by atoms with E-state index in [9.17, 15) is 44.7 Å². The maximum atomic E-state index is 14.8. The first-order valence-corrected chi connectivity index (χ1v) is 11.1. The number of benzene rings is 1. The summed E-state index contributed by atoms with van der Waals surface area (Å²) < 4.78 is 120. The van der Waals surface area contributed by atoms with Crippen LogP contribution in [0.5, 0.6) is 5.75 Å². The summed E-state index contributed by atoms with van der Waals surface area (Å²) >= 11 is 0. The zero-order chi connectivity index (χ0) is 29.5. The molecule has 0 bridgehead atoms. The van der Waals surface area contributed by atoms with Crippen LogP contribution in [0.15, 0.2) is 42.6 Å². The first kappa shape index (κ1) is 29.8. The molecule has 3 rings (SSSR count). The first-order valence-electron chi connectivity index (χ1n) is 11.1. The van der Waals surface area contributed by atoms with E-state index in [0.717, 1.165) is 25.3 Å². The van der Waals surface area contributed by atoms with Gasteiger partial charge in [-0.15, -0.1) is 0 Å². The Morgan fingerprint density at radius 2 is 1.82 bits per heavy atom. The smallest absolute Gasteiger partial charge is 0.417 e. The summed E-state index contributed by atoms with van der Waals surface area (Å²) in [7, 11) is 0. The number of nitrogens with zero attached hydrogens (tertiary/aromatic N) is 1. The quantitative estimate of drug-likeness (QED) is 0.361. The lowest BCUT2D eigenvalue weighted by molar-refractivity contribution is -0.272. The Bertz CT molecular complexity index is 1300. The standard InChI is InChI=1S/C24H21F8N3O4/c1-10(23(27,28)29)9-38-18-13(4-5-14(25)17(18)26)16-11(2)22(3,24(30,31)32)39-19(16)21(37)35-12-6-7-34-15(8-12)20(33)36/h4-8,11,16,19H,1,9H2,2-3H3,(H2,33,36)(H,34,35,37)/t11-,16-,19+,22+/m0/s1. The highest BCUT2D eigenvalue weighted by atomic mass is 19.4. The normalized spacial score (nSPS) is 23.4. The number of hydrogen-bond donors (Lipinski definition) is 2. The maximum absolute atomic E-state index is 14.8. The average Bonchev–Trinajstić information content (AvgIpc) is 3.11. The highest BCUT2D eigenvalue weighted by molar-refractivity contribution is 5.97.